The van der Waals surface area contributed by atoms with Crippen LogP contribution in [0.25, 0.3) is 6.08 Å². The SMILES string of the molecule is CC1(C)OB(/C(=C\c2ccccc2)P(c2ccccc2)c2ccccc2)OC1(C)C. The second-order valence-corrected chi connectivity index (χ2v) is 10.8. The summed E-state index contributed by atoms with van der Waals surface area (Å²) in [5.41, 5.74) is 0.380. The molecule has 0 atom stereocenters. The molecule has 0 aromatic heterocycles. The Morgan fingerprint density at radius 2 is 1.07 bits per heavy atom. The molecule has 1 fully saturated rings. The predicted molar refractivity (Wildman–Crippen MR) is 130 cm³/mol. The highest BCUT2D eigenvalue weighted by molar-refractivity contribution is 7.79. The van der Waals surface area contributed by atoms with Gasteiger partial charge in [-0.2, -0.15) is 0 Å². The maximum Gasteiger partial charge on any atom is 0.496 e. The van der Waals surface area contributed by atoms with E-state index in [0.29, 0.717) is 0 Å². The normalized spacial score (nSPS) is 18.0. The van der Waals surface area contributed by atoms with E-state index >= 15 is 0 Å². The Balaban J connectivity index is 1.88. The van der Waals surface area contributed by atoms with Gasteiger partial charge in [0.25, 0.3) is 0 Å². The van der Waals surface area contributed by atoms with Crippen LogP contribution in [0.3, 0.4) is 0 Å². The van der Waals surface area contributed by atoms with Crippen molar-refractivity contribution in [2.75, 3.05) is 0 Å². The molecule has 152 valence electrons. The molecule has 0 amide bonds. The van der Waals surface area contributed by atoms with Gasteiger partial charge in [-0.05, 0) is 57.0 Å². The third-order valence-corrected chi connectivity index (χ3v) is 8.38. The van der Waals surface area contributed by atoms with E-state index < -0.39 is 15.0 Å². The van der Waals surface area contributed by atoms with Crippen molar-refractivity contribution < 1.29 is 9.31 Å². The largest absolute Gasteiger partial charge is 0.496 e. The summed E-state index contributed by atoms with van der Waals surface area (Å²) in [5, 5.41) is 3.75. The van der Waals surface area contributed by atoms with Gasteiger partial charge in [-0.15, -0.1) is 0 Å². The Hall–Kier alpha value is -2.19. The van der Waals surface area contributed by atoms with Crippen molar-refractivity contribution in [2.45, 2.75) is 38.9 Å². The first-order chi connectivity index (χ1) is 14.4. The Morgan fingerprint density at radius 1 is 0.667 bits per heavy atom. The molecule has 3 aromatic carbocycles. The highest BCUT2D eigenvalue weighted by Gasteiger charge is 2.53. The van der Waals surface area contributed by atoms with Gasteiger partial charge in [-0.25, -0.2) is 0 Å². The fourth-order valence-electron chi connectivity index (χ4n) is 3.52. The molecule has 1 saturated heterocycles. The highest BCUT2D eigenvalue weighted by atomic mass is 31.1. The summed E-state index contributed by atoms with van der Waals surface area (Å²) in [5.74, 6) is 0. The molecule has 0 bridgehead atoms. The Bertz CT molecular complexity index is 945. The monoisotopic (exact) mass is 414 g/mol. The molecule has 2 nitrogen and oxygen atoms in total. The van der Waals surface area contributed by atoms with E-state index in [1.807, 2.05) is 6.07 Å². The van der Waals surface area contributed by atoms with E-state index in [-0.39, 0.29) is 11.2 Å². The maximum absolute atomic E-state index is 6.55. The van der Waals surface area contributed by atoms with Crippen molar-refractivity contribution in [1.29, 1.82) is 0 Å². The molecule has 0 unspecified atom stereocenters. The summed E-state index contributed by atoms with van der Waals surface area (Å²) in [6, 6.07) is 31.9. The molecule has 0 aliphatic carbocycles. The average molecular weight is 414 g/mol. The summed E-state index contributed by atoms with van der Waals surface area (Å²) >= 11 is 0. The number of hydrogen-bond donors (Lipinski definition) is 0. The summed E-state index contributed by atoms with van der Waals surface area (Å²) in [6.45, 7) is 8.45. The van der Waals surface area contributed by atoms with Crippen LogP contribution in [-0.2, 0) is 9.31 Å². The van der Waals surface area contributed by atoms with Gasteiger partial charge >= 0.3 is 7.12 Å². The third kappa shape index (κ3) is 4.30. The Labute approximate surface area is 181 Å². The topological polar surface area (TPSA) is 18.5 Å². The van der Waals surface area contributed by atoms with Gasteiger partial charge < -0.3 is 9.31 Å². The van der Waals surface area contributed by atoms with Crippen LogP contribution in [0, 0.1) is 0 Å². The van der Waals surface area contributed by atoms with Crippen molar-refractivity contribution in [3.63, 3.8) is 0 Å². The molecule has 4 rings (SSSR count). The number of benzene rings is 3. The maximum atomic E-state index is 6.55. The second-order valence-electron chi connectivity index (χ2n) is 8.57. The van der Waals surface area contributed by atoms with Gasteiger partial charge in [0.15, 0.2) is 0 Å². The molecule has 0 spiro atoms. The van der Waals surface area contributed by atoms with E-state index in [2.05, 4.69) is 119 Å². The molecular formula is C26H28BO2P. The van der Waals surface area contributed by atoms with Gasteiger partial charge in [0.2, 0.25) is 0 Å². The molecule has 3 aromatic rings. The van der Waals surface area contributed by atoms with Crippen LogP contribution in [0.1, 0.15) is 33.3 Å². The molecule has 1 aliphatic heterocycles. The molecular weight excluding hydrogens is 386 g/mol. The smallest absolute Gasteiger partial charge is 0.399 e. The average Bonchev–Trinajstić information content (AvgIpc) is 2.97. The van der Waals surface area contributed by atoms with Crippen LogP contribution in [0.5, 0.6) is 0 Å². The lowest BCUT2D eigenvalue weighted by atomic mass is 9.88. The first-order valence-electron chi connectivity index (χ1n) is 10.4. The van der Waals surface area contributed by atoms with Crippen molar-refractivity contribution in [1.82, 2.24) is 0 Å². The van der Waals surface area contributed by atoms with Crippen molar-refractivity contribution in [3.8, 4) is 0 Å². The summed E-state index contributed by atoms with van der Waals surface area (Å²) < 4.78 is 13.1. The van der Waals surface area contributed by atoms with Crippen LogP contribution < -0.4 is 10.6 Å². The van der Waals surface area contributed by atoms with Crippen molar-refractivity contribution in [2.24, 2.45) is 0 Å². The van der Waals surface area contributed by atoms with E-state index in [1.54, 1.807) is 0 Å². The minimum Gasteiger partial charge on any atom is -0.399 e. The van der Waals surface area contributed by atoms with Gasteiger partial charge in [-0.1, -0.05) is 97.1 Å². The van der Waals surface area contributed by atoms with Crippen LogP contribution in [0.2, 0.25) is 0 Å². The minimum atomic E-state index is -0.821. The lowest BCUT2D eigenvalue weighted by Crippen LogP contribution is -2.41. The molecule has 0 N–H and O–H groups in total. The van der Waals surface area contributed by atoms with E-state index in [9.17, 15) is 0 Å². The Morgan fingerprint density at radius 3 is 1.50 bits per heavy atom. The molecule has 4 heteroatoms. The standard InChI is InChI=1S/C26H28BO2P/c1-25(2)26(3,4)29-27(28-25)24(20-21-14-8-5-9-15-21)30(22-16-10-6-11-17-22)23-18-12-7-13-19-23/h5-20H,1-4H3/b24-20+. The van der Waals surface area contributed by atoms with Gasteiger partial charge in [0.05, 0.1) is 11.2 Å². The van der Waals surface area contributed by atoms with E-state index in [1.165, 1.54) is 15.8 Å². The number of hydrogen-bond acceptors (Lipinski definition) is 2. The molecule has 1 heterocycles. The Kier molecular flexibility index (Phi) is 5.98. The zero-order valence-electron chi connectivity index (χ0n) is 18.1. The quantitative estimate of drug-likeness (QED) is 0.389. The molecule has 30 heavy (non-hydrogen) atoms. The lowest BCUT2D eigenvalue weighted by Gasteiger charge is -2.32. The molecule has 0 radical (unpaired) electrons. The fourth-order valence-corrected chi connectivity index (χ4v) is 5.95. The molecule has 0 saturated carbocycles. The van der Waals surface area contributed by atoms with Crippen LogP contribution in [-0.4, -0.2) is 18.3 Å². The fraction of sp³-hybridized carbons (Fsp3) is 0.231. The summed E-state index contributed by atoms with van der Waals surface area (Å²) in [7, 11) is -1.22. The predicted octanol–water partition coefficient (Wildman–Crippen LogP) is 5.79. The van der Waals surface area contributed by atoms with Crippen molar-refractivity contribution >= 4 is 31.7 Å². The van der Waals surface area contributed by atoms with Gasteiger partial charge in [0.1, 0.15) is 0 Å². The third-order valence-electron chi connectivity index (χ3n) is 5.90. The van der Waals surface area contributed by atoms with Crippen LogP contribution in [0.4, 0.5) is 0 Å². The minimum absolute atomic E-state index is 0.387. The van der Waals surface area contributed by atoms with Gasteiger partial charge in [-0.3, -0.25) is 0 Å². The number of rotatable bonds is 5. The lowest BCUT2D eigenvalue weighted by molar-refractivity contribution is 0.00578. The van der Waals surface area contributed by atoms with Crippen molar-refractivity contribution in [3.05, 3.63) is 102 Å². The summed E-state index contributed by atoms with van der Waals surface area (Å²) in [4.78, 5) is 0. The van der Waals surface area contributed by atoms with Crippen LogP contribution >= 0.6 is 7.92 Å². The first kappa shape index (κ1) is 21.1. The van der Waals surface area contributed by atoms with E-state index in [0.717, 1.165) is 5.56 Å². The van der Waals surface area contributed by atoms with E-state index in [4.69, 9.17) is 9.31 Å². The van der Waals surface area contributed by atoms with Gasteiger partial charge in [0, 0.05) is 0 Å². The first-order valence-corrected chi connectivity index (χ1v) is 11.7. The zero-order valence-corrected chi connectivity index (χ0v) is 19.0. The highest BCUT2D eigenvalue weighted by Crippen LogP contribution is 2.50. The second kappa shape index (κ2) is 8.51. The molecule has 1 aliphatic rings. The zero-order chi connectivity index (χ0) is 21.2. The van der Waals surface area contributed by atoms with Crippen LogP contribution in [0.15, 0.2) is 96.2 Å². The summed E-state index contributed by atoms with van der Waals surface area (Å²) in [6.07, 6.45) is 2.26.